The molecule has 30 nitrogen and oxygen atoms in total. The van der Waals surface area contributed by atoms with Crippen LogP contribution in [0.3, 0.4) is 0 Å². The minimum atomic E-state index is -3.91. The number of ketones is 3. The molecule has 0 saturated carbocycles. The van der Waals surface area contributed by atoms with Crippen LogP contribution in [-0.4, -0.2) is 132 Å². The standard InChI is InChI=1S/C19H13ClN2O2S.C18H15BrN2O3.C17H19NO3.C17H12O2.C15H12N2O2.C13H11ClN2O4S.C11H9N2O3/c1-11-4-7-15-16(9-11)24-19(22-15)13-10-12(5-6-14(13)20)21-18(23)17-3-2-8-25-17;1-11-7-8-14-15(16(11)19)17(18(23)21-14)20-9-12(22)10-24-13-5-3-2-4-6-13;1-5-18-12(3)15(17(20)21-4)14(16(18)19)10-13-8-6-11(2)7-9-13;1-11-6-2-3-7-12(11)10-15-16(18)13-8-4-5-9-14(13)17(15)19;18-16-14-11-8-4-5-9-12(11)15(17-19)13(14)10-6-2-1-3-7-10;1-9-5-6-10(7-13(9)14)15-21(19,20)12-4-2-3-11(8-12)16(17)18;1-12(16)8-3-2-4-9(7-8)13-10(14)5-6-11(13)15/h2-10H,1H3,(H,21,23);2-8H,9-10H2,1H3,(H,20,21,23);6-10H,5H2,1-4H3;2-10H,1H3;1-9,13,18-19H;2-8,15H,1H3;2-7H,1H3/q;;;;;;+1/p-2/b;;14-10-;;16-14-,17-15-;;. The van der Waals surface area contributed by atoms with Crippen LogP contribution in [0.4, 0.5) is 34.1 Å². The number of carbonyl (C=O) groups is 9. The predicted octanol–water partition coefficient (Wildman–Crippen LogP) is 22.6. The first-order valence-electron chi connectivity index (χ1n) is 44.5. The maximum absolute atomic E-state index is 12.5. The van der Waals surface area contributed by atoms with Gasteiger partial charge in [-0.15, -0.1) is 11.3 Å². The van der Waals surface area contributed by atoms with Gasteiger partial charge in [0.15, 0.2) is 30.0 Å². The molecule has 12 aromatic carbocycles. The van der Waals surface area contributed by atoms with Gasteiger partial charge in [-0.25, -0.2) is 23.1 Å². The number of esters is 1. The van der Waals surface area contributed by atoms with Gasteiger partial charge in [-0.2, -0.15) is 0 Å². The number of para-hydroxylation sites is 1. The monoisotopic (exact) mass is 2080 g/mol. The first-order valence-corrected chi connectivity index (χ1v) is 48.4. The summed E-state index contributed by atoms with van der Waals surface area (Å²) in [6, 6.07) is 82.4. The minimum Gasteiger partial charge on any atom is -0.792 e. The van der Waals surface area contributed by atoms with E-state index in [1.54, 1.807) is 134 Å². The molecular weight excluding hydrogens is 1990 g/mol. The zero-order valence-corrected chi connectivity index (χ0v) is 83.7. The second-order valence-corrected chi connectivity index (χ2v) is 36.8. The van der Waals surface area contributed by atoms with E-state index in [4.69, 9.17) is 37.1 Å². The van der Waals surface area contributed by atoms with Gasteiger partial charge in [-0.05, 0) is 200 Å². The first-order chi connectivity index (χ1) is 69.6. The quantitative estimate of drug-likeness (QED) is 0.0129. The number of hydrogen-bond acceptors (Lipinski definition) is 24. The van der Waals surface area contributed by atoms with Crippen LogP contribution in [0.1, 0.15) is 111 Å². The van der Waals surface area contributed by atoms with Crippen LogP contribution >= 0.6 is 50.5 Å². The van der Waals surface area contributed by atoms with Crippen molar-refractivity contribution in [3.8, 4) is 17.2 Å². The highest BCUT2D eigenvalue weighted by molar-refractivity contribution is 9.10. The summed E-state index contributed by atoms with van der Waals surface area (Å²) in [5, 5.41) is 47.7. The van der Waals surface area contributed by atoms with Gasteiger partial charge in [0, 0.05) is 101 Å². The number of aromatic nitrogens is 1. The highest BCUT2D eigenvalue weighted by atomic mass is 79.9. The summed E-state index contributed by atoms with van der Waals surface area (Å²) in [5.74, 6) is -1.83. The number of methoxy groups -OCH3 is 1. The number of nitroso groups, excluding NO2 is 1. The van der Waals surface area contributed by atoms with E-state index >= 15 is 0 Å². The fourth-order valence-corrected chi connectivity index (χ4v) is 17.9. The molecule has 35 heteroatoms. The molecule has 2 aromatic heterocycles. The number of fused-ring (bicyclic) bond motifs is 4. The second kappa shape index (κ2) is 48.0. The zero-order valence-electron chi connectivity index (χ0n) is 79.0. The number of ether oxygens (including phenoxy) is 2. The third-order valence-electron chi connectivity index (χ3n) is 22.7. The molecular formula is C110H89BrCl2N11O19S2-. The fraction of sp³-hybridized carbons (Fsp3) is 0.118. The summed E-state index contributed by atoms with van der Waals surface area (Å²) in [5.41, 5.74) is 17.7. The van der Waals surface area contributed by atoms with Crippen molar-refractivity contribution in [3.05, 3.63) is 442 Å². The van der Waals surface area contributed by atoms with Crippen LogP contribution in [0.2, 0.25) is 10.0 Å². The van der Waals surface area contributed by atoms with E-state index in [1.165, 1.54) is 68.0 Å². The molecule has 5 aliphatic rings. The van der Waals surface area contributed by atoms with Crippen molar-refractivity contribution < 1.29 is 75.1 Å². The van der Waals surface area contributed by atoms with E-state index in [1.807, 2.05) is 186 Å². The number of halogens is 3. The van der Waals surface area contributed by atoms with Gasteiger partial charge in [-0.1, -0.05) is 211 Å². The topological polar surface area (TPSA) is 421 Å². The lowest BCUT2D eigenvalue weighted by atomic mass is 9.93. The molecule has 732 valence electrons. The number of nitro groups is 1. The summed E-state index contributed by atoms with van der Waals surface area (Å²) < 4.78 is 44.3. The number of oxazole rings is 1. The largest absolute Gasteiger partial charge is 0.792 e. The number of aryl methyl sites for hydroxylation is 5. The number of imide groups is 1. The molecule has 3 N–H and O–H groups in total. The number of thiophene rings is 1. The molecule has 0 fully saturated rings. The molecule has 5 heterocycles. The Morgan fingerprint density at radius 3 is 1.83 bits per heavy atom. The van der Waals surface area contributed by atoms with Crippen molar-refractivity contribution in [2.45, 2.75) is 59.3 Å². The summed E-state index contributed by atoms with van der Waals surface area (Å²) in [6.45, 7) is 13.7. The Hall–Kier alpha value is -17.0. The number of rotatable bonds is 19. The molecule has 2 aliphatic carbocycles. The molecule has 0 saturated heterocycles. The van der Waals surface area contributed by atoms with Gasteiger partial charge in [0.25, 0.3) is 50.9 Å². The molecule has 0 radical (unpaired) electrons. The van der Waals surface area contributed by atoms with Crippen LogP contribution in [0.5, 0.6) is 5.75 Å². The summed E-state index contributed by atoms with van der Waals surface area (Å²) in [4.78, 5) is 141. The Morgan fingerprint density at radius 1 is 0.614 bits per heavy atom. The van der Waals surface area contributed by atoms with E-state index in [0.717, 1.165) is 65.5 Å². The molecule has 14 aromatic rings. The highest BCUT2D eigenvalue weighted by Crippen LogP contribution is 2.40. The van der Waals surface area contributed by atoms with Crippen molar-refractivity contribution in [1.82, 2.24) is 9.88 Å². The Balaban J connectivity index is 0.000000142. The van der Waals surface area contributed by atoms with Gasteiger partial charge in [0.05, 0.1) is 83.5 Å². The Bertz CT molecular complexity index is 7700. The van der Waals surface area contributed by atoms with Gasteiger partial charge in [0.1, 0.15) is 30.1 Å². The van der Waals surface area contributed by atoms with Gasteiger partial charge < -0.3 is 50.2 Å². The number of carbonyl (C=O) groups excluding carboxylic acids is 9. The van der Waals surface area contributed by atoms with Crippen LogP contribution in [-0.2, 0) is 43.5 Å². The Labute approximate surface area is 855 Å². The summed E-state index contributed by atoms with van der Waals surface area (Å²) in [6.07, 6.45) is 5.85. The molecule has 5 amide bonds. The molecule has 0 atom stereocenters. The summed E-state index contributed by atoms with van der Waals surface area (Å²) in [7, 11) is -1.24. The number of benzene rings is 12. The number of nitrogens with zero attached hydrogens (tertiary/aromatic N) is 8. The van der Waals surface area contributed by atoms with Gasteiger partial charge >= 0.3 is 5.97 Å². The summed E-state index contributed by atoms with van der Waals surface area (Å²) >= 11 is 17.1. The lowest BCUT2D eigenvalue weighted by Gasteiger charge is -2.15. The Morgan fingerprint density at radius 2 is 1.22 bits per heavy atom. The van der Waals surface area contributed by atoms with Crippen LogP contribution < -0.4 is 25.0 Å². The van der Waals surface area contributed by atoms with Crippen molar-refractivity contribution in [2.75, 3.05) is 54.1 Å². The molecule has 0 bridgehead atoms. The molecule has 3 aliphatic heterocycles. The van der Waals surface area contributed by atoms with E-state index in [2.05, 4.69) is 51.6 Å². The zero-order chi connectivity index (χ0) is 104. The average Bonchev–Trinajstić information content (AvgIpc) is 1.61. The fourth-order valence-electron chi connectivity index (χ4n) is 15.3. The number of hydrogen-bond donors (Lipinski definition) is 3. The minimum absolute atomic E-state index is 0.0791. The number of anilines is 4. The molecule has 145 heavy (non-hydrogen) atoms. The normalized spacial score (nSPS) is 14.2. The van der Waals surface area contributed by atoms with Gasteiger partial charge in [-0.3, -0.25) is 58.2 Å². The number of Topliss-reactive ketones (excluding diaryl/α,β-unsaturated/α-hetero) is 3. The highest BCUT2D eigenvalue weighted by Gasteiger charge is 2.38. The maximum Gasteiger partial charge on any atom is 0.340 e. The van der Waals surface area contributed by atoms with E-state index < -0.39 is 38.6 Å². The van der Waals surface area contributed by atoms with E-state index in [9.17, 15) is 77.0 Å². The number of allylic oxidation sites excluding steroid dienone is 2. The SMILES string of the molecule is CCN1C(=O)/C(=C\c2ccc(C)cc2)C(C(=O)OC)=C1C.C[N+](=O)c1cccc(N2C(=O)C=CC2=O)c1.Cc1ccc(NS(=O)(=O)c2cccc([N+](=O)[O-])c2)cc1Cl.Cc1ccc2c(c1Br)C(=NCC(=O)COc1ccccc1)C(=O)N2.Cc1ccc2nc(-c3cc(NC(=O)c4cccs4)ccc3Cl)oc2c1.Cc1ccccc1C=C1C(=O)c2ccccc2C1=O.[O-]/N=C1/c2ccccc2/C(=N/[O-])C1c1ccccc1. The number of sulfonamides is 1. The number of likely N-dealkylation sites (N-methyl/N-ethyl adjacent to an activating group) is 1. The third kappa shape index (κ3) is 25.5. The van der Waals surface area contributed by atoms with Crippen molar-refractivity contribution in [2.24, 2.45) is 15.3 Å². The second-order valence-electron chi connectivity index (χ2n) is 32.6. The predicted molar refractivity (Wildman–Crippen MR) is 566 cm³/mol. The molecule has 19 rings (SSSR count). The lowest BCUT2D eigenvalue weighted by Crippen LogP contribution is -2.29. The van der Waals surface area contributed by atoms with Crippen molar-refractivity contribution >= 4 is 188 Å². The maximum atomic E-state index is 12.5. The number of nitrogens with one attached hydrogen (secondary N) is 3. The van der Waals surface area contributed by atoms with E-state index in [-0.39, 0.29) is 75.8 Å². The first kappa shape index (κ1) is 105. The average molecular weight is 2080 g/mol. The smallest absolute Gasteiger partial charge is 0.340 e. The number of non-ortho nitro benzene ring substituents is 1. The number of aliphatic imine (C=N–C) groups is 1. The number of amides is 5. The molecule has 0 unspecified atom stereocenters. The lowest BCUT2D eigenvalue weighted by molar-refractivity contribution is -0.428. The van der Waals surface area contributed by atoms with Crippen LogP contribution in [0.15, 0.2) is 354 Å². The Kier molecular flexibility index (Phi) is 34.9. The van der Waals surface area contributed by atoms with Crippen LogP contribution in [0.25, 0.3) is 34.7 Å². The molecule has 0 spiro atoms. The van der Waals surface area contributed by atoms with Crippen molar-refractivity contribution in [1.29, 1.82) is 0 Å². The van der Waals surface area contributed by atoms with Crippen molar-refractivity contribution in [3.63, 3.8) is 0 Å². The van der Waals surface area contributed by atoms with Crippen LogP contribution in [0, 0.1) is 60.1 Å². The number of nitro benzene ring substituents is 1. The van der Waals surface area contributed by atoms with Gasteiger partial charge in [0.2, 0.25) is 5.89 Å². The van der Waals surface area contributed by atoms with E-state index in [0.29, 0.717) is 128 Å². The third-order valence-corrected chi connectivity index (χ3v) is 26.7.